The number of rotatable bonds is 6. The Morgan fingerprint density at radius 1 is 1.19 bits per heavy atom. The Kier molecular flexibility index (Phi) is 5.92. The van der Waals surface area contributed by atoms with E-state index in [1.165, 1.54) is 12.1 Å². The average molecular weight is 395 g/mol. The van der Waals surface area contributed by atoms with Crippen molar-refractivity contribution in [1.29, 1.82) is 0 Å². The Morgan fingerprint density at radius 2 is 1.89 bits per heavy atom. The normalized spacial score (nSPS) is 23.9. The number of benzene rings is 1. The SMILES string of the molecule is CSCc1noc(CN2C[C@@H]3OCC(Oc4ccc(F)cc4)CO[C@H]3C2)n1. The molecular weight excluding hydrogens is 373 g/mol. The van der Waals surface area contributed by atoms with Crippen molar-refractivity contribution in [3.05, 3.63) is 41.8 Å². The average Bonchev–Trinajstić information content (AvgIpc) is 3.22. The molecule has 1 aromatic carbocycles. The second kappa shape index (κ2) is 8.55. The number of thioether (sulfide) groups is 1. The van der Waals surface area contributed by atoms with Gasteiger partial charge in [-0.15, -0.1) is 0 Å². The molecule has 2 aliphatic rings. The van der Waals surface area contributed by atoms with Crippen molar-refractivity contribution in [3.8, 4) is 5.75 Å². The highest BCUT2D eigenvalue weighted by Gasteiger charge is 2.38. The van der Waals surface area contributed by atoms with Crippen LogP contribution in [0.15, 0.2) is 28.8 Å². The molecule has 0 bridgehead atoms. The van der Waals surface area contributed by atoms with Gasteiger partial charge in [0.05, 0.1) is 37.7 Å². The van der Waals surface area contributed by atoms with Gasteiger partial charge in [0.2, 0.25) is 5.89 Å². The Labute approximate surface area is 161 Å². The maximum atomic E-state index is 13.0. The lowest BCUT2D eigenvalue weighted by Crippen LogP contribution is -2.29. The summed E-state index contributed by atoms with van der Waals surface area (Å²) in [6, 6.07) is 5.97. The van der Waals surface area contributed by atoms with Gasteiger partial charge in [0.15, 0.2) is 5.82 Å². The third-order valence-electron chi connectivity index (χ3n) is 4.54. The third-order valence-corrected chi connectivity index (χ3v) is 5.09. The number of halogens is 1. The van der Waals surface area contributed by atoms with Gasteiger partial charge in [0.1, 0.15) is 17.7 Å². The zero-order valence-electron chi connectivity index (χ0n) is 15.0. The highest BCUT2D eigenvalue weighted by atomic mass is 32.2. The Balaban J connectivity index is 1.27. The number of nitrogens with zero attached hydrogens (tertiary/aromatic N) is 3. The van der Waals surface area contributed by atoms with Crippen molar-refractivity contribution in [1.82, 2.24) is 15.0 Å². The molecule has 0 amide bonds. The second-order valence-electron chi connectivity index (χ2n) is 6.67. The lowest BCUT2D eigenvalue weighted by atomic mass is 10.3. The van der Waals surface area contributed by atoms with Crippen LogP contribution in [0.5, 0.6) is 5.75 Å². The first kappa shape index (κ1) is 18.7. The Bertz CT molecular complexity index is 728. The molecule has 2 aliphatic heterocycles. The molecule has 0 unspecified atom stereocenters. The predicted octanol–water partition coefficient (Wildman–Crippen LogP) is 2.12. The third kappa shape index (κ3) is 4.78. The van der Waals surface area contributed by atoms with E-state index in [1.807, 2.05) is 6.26 Å². The molecular formula is C18H22FN3O4S. The summed E-state index contributed by atoms with van der Waals surface area (Å²) in [4.78, 5) is 6.60. The van der Waals surface area contributed by atoms with Crippen molar-refractivity contribution >= 4 is 11.8 Å². The summed E-state index contributed by atoms with van der Waals surface area (Å²) in [7, 11) is 0. The summed E-state index contributed by atoms with van der Waals surface area (Å²) >= 11 is 1.66. The largest absolute Gasteiger partial charge is 0.486 e. The Hall–Kier alpha value is -1.68. The van der Waals surface area contributed by atoms with Crippen molar-refractivity contribution in [3.63, 3.8) is 0 Å². The maximum Gasteiger partial charge on any atom is 0.240 e. The fraction of sp³-hybridized carbons (Fsp3) is 0.556. The van der Waals surface area contributed by atoms with Crippen molar-refractivity contribution in [2.24, 2.45) is 0 Å². The number of fused-ring (bicyclic) bond motifs is 1. The molecule has 2 fully saturated rings. The van der Waals surface area contributed by atoms with Gasteiger partial charge in [-0.25, -0.2) is 4.39 Å². The lowest BCUT2D eigenvalue weighted by Gasteiger charge is -2.18. The number of likely N-dealkylation sites (tertiary alicyclic amines) is 1. The molecule has 3 heterocycles. The zero-order chi connectivity index (χ0) is 18.6. The van der Waals surface area contributed by atoms with Gasteiger partial charge in [-0.05, 0) is 30.5 Å². The van der Waals surface area contributed by atoms with Crippen LogP contribution in [0.2, 0.25) is 0 Å². The fourth-order valence-electron chi connectivity index (χ4n) is 3.28. The topological polar surface area (TPSA) is 69.9 Å². The summed E-state index contributed by atoms with van der Waals surface area (Å²) in [6.07, 6.45) is 1.77. The molecule has 0 N–H and O–H groups in total. The number of aromatic nitrogens is 2. The molecule has 4 rings (SSSR count). The molecule has 2 atom stereocenters. The van der Waals surface area contributed by atoms with E-state index >= 15 is 0 Å². The molecule has 0 aliphatic carbocycles. The molecule has 0 spiro atoms. The molecule has 0 saturated carbocycles. The van der Waals surface area contributed by atoms with Gasteiger partial charge in [-0.3, -0.25) is 4.90 Å². The zero-order valence-corrected chi connectivity index (χ0v) is 15.9. The van der Waals surface area contributed by atoms with E-state index in [2.05, 4.69) is 15.0 Å². The quantitative estimate of drug-likeness (QED) is 0.737. The lowest BCUT2D eigenvalue weighted by molar-refractivity contribution is -0.00461. The van der Waals surface area contributed by atoms with Gasteiger partial charge in [0, 0.05) is 13.1 Å². The first-order valence-corrected chi connectivity index (χ1v) is 10.3. The first-order valence-electron chi connectivity index (χ1n) is 8.88. The van der Waals surface area contributed by atoms with Crippen LogP contribution in [-0.4, -0.2) is 65.9 Å². The highest BCUT2D eigenvalue weighted by molar-refractivity contribution is 7.97. The fourth-order valence-corrected chi connectivity index (χ4v) is 3.66. The van der Waals surface area contributed by atoms with Crippen molar-refractivity contribution < 1.29 is 23.1 Å². The molecule has 9 heteroatoms. The smallest absolute Gasteiger partial charge is 0.240 e. The summed E-state index contributed by atoms with van der Waals surface area (Å²) in [5.74, 6) is 2.41. The number of hydrogen-bond acceptors (Lipinski definition) is 8. The van der Waals surface area contributed by atoms with Gasteiger partial charge in [-0.2, -0.15) is 16.7 Å². The second-order valence-corrected chi connectivity index (χ2v) is 7.53. The summed E-state index contributed by atoms with van der Waals surface area (Å²) in [5, 5.41) is 3.97. The standard InChI is InChI=1S/C18H22FN3O4S/c1-27-11-17-20-18(26-21-17)8-22-6-15-16(7-22)24-10-14(9-23-15)25-13-4-2-12(19)3-5-13/h2-5,14-16H,6-11H2,1H3/t15-,16-/m0/s1. The van der Waals surface area contributed by atoms with E-state index in [0.29, 0.717) is 31.4 Å². The van der Waals surface area contributed by atoms with Crippen LogP contribution in [0.1, 0.15) is 11.7 Å². The predicted molar refractivity (Wildman–Crippen MR) is 97.1 cm³/mol. The minimum absolute atomic E-state index is 0.0135. The van der Waals surface area contributed by atoms with E-state index < -0.39 is 0 Å². The molecule has 1 aromatic heterocycles. The molecule has 146 valence electrons. The number of ether oxygens (including phenoxy) is 3. The summed E-state index contributed by atoms with van der Waals surface area (Å²) in [5.41, 5.74) is 0. The van der Waals surface area contributed by atoms with Crippen LogP contribution >= 0.6 is 11.8 Å². The minimum atomic E-state index is -0.285. The minimum Gasteiger partial charge on any atom is -0.486 e. The van der Waals surface area contributed by atoms with E-state index in [-0.39, 0.29) is 24.1 Å². The first-order chi connectivity index (χ1) is 13.2. The van der Waals surface area contributed by atoms with Crippen molar-refractivity contribution in [2.45, 2.75) is 30.6 Å². The van der Waals surface area contributed by atoms with Gasteiger partial charge in [0.25, 0.3) is 0 Å². The molecule has 7 nitrogen and oxygen atoms in total. The van der Waals surface area contributed by atoms with Crippen LogP contribution in [0.25, 0.3) is 0 Å². The highest BCUT2D eigenvalue weighted by Crippen LogP contribution is 2.23. The molecule has 0 radical (unpaired) electrons. The van der Waals surface area contributed by atoms with E-state index in [9.17, 15) is 4.39 Å². The van der Waals surface area contributed by atoms with Crippen LogP contribution in [0, 0.1) is 5.82 Å². The van der Waals surface area contributed by atoms with Crippen LogP contribution in [-0.2, 0) is 21.8 Å². The van der Waals surface area contributed by atoms with E-state index in [1.54, 1.807) is 23.9 Å². The molecule has 2 saturated heterocycles. The summed E-state index contributed by atoms with van der Waals surface area (Å²) < 4.78 is 36.2. The number of hydrogen-bond donors (Lipinski definition) is 0. The van der Waals surface area contributed by atoms with E-state index in [0.717, 1.165) is 24.7 Å². The Morgan fingerprint density at radius 3 is 2.56 bits per heavy atom. The van der Waals surface area contributed by atoms with Crippen LogP contribution in [0.4, 0.5) is 4.39 Å². The van der Waals surface area contributed by atoms with Gasteiger partial charge < -0.3 is 18.7 Å². The monoisotopic (exact) mass is 395 g/mol. The van der Waals surface area contributed by atoms with Crippen LogP contribution in [0.3, 0.4) is 0 Å². The summed E-state index contributed by atoms with van der Waals surface area (Å²) in [6.45, 7) is 2.95. The maximum absolute atomic E-state index is 13.0. The van der Waals surface area contributed by atoms with Crippen molar-refractivity contribution in [2.75, 3.05) is 32.6 Å². The van der Waals surface area contributed by atoms with Crippen LogP contribution < -0.4 is 4.74 Å². The van der Waals surface area contributed by atoms with E-state index in [4.69, 9.17) is 18.7 Å². The molecule has 27 heavy (non-hydrogen) atoms. The van der Waals surface area contributed by atoms with Gasteiger partial charge in [-0.1, -0.05) is 5.16 Å². The van der Waals surface area contributed by atoms with Gasteiger partial charge >= 0.3 is 0 Å². The molecule has 2 aromatic rings.